The fraction of sp³-hybridized carbons (Fsp3) is 0.636. The van der Waals surface area contributed by atoms with Crippen molar-refractivity contribution >= 4 is 11.9 Å². The normalized spacial score (nSPS) is 37.2. The van der Waals surface area contributed by atoms with Crippen LogP contribution in [0.2, 0.25) is 0 Å². The minimum atomic E-state index is -1.38. The van der Waals surface area contributed by atoms with Crippen LogP contribution >= 0.6 is 0 Å². The third-order valence-electron chi connectivity index (χ3n) is 7.75. The van der Waals surface area contributed by atoms with E-state index in [9.17, 15) is 24.9 Å². The van der Waals surface area contributed by atoms with E-state index in [0.29, 0.717) is 0 Å². The third kappa shape index (κ3) is 2.74. The molecule has 0 aromatic heterocycles. The molecule has 3 N–H and O–H groups in total. The monoisotopic (exact) mass is 418 g/mol. The first-order chi connectivity index (χ1) is 14.0. The lowest BCUT2D eigenvalue weighted by Crippen LogP contribution is -2.80. The van der Waals surface area contributed by atoms with E-state index >= 15 is 0 Å². The van der Waals surface area contributed by atoms with Crippen molar-refractivity contribution in [2.24, 2.45) is 16.7 Å². The molecule has 30 heavy (non-hydrogen) atoms. The molecule has 4 rings (SSSR count). The van der Waals surface area contributed by atoms with Gasteiger partial charge >= 0.3 is 6.03 Å². The van der Waals surface area contributed by atoms with Gasteiger partial charge in [0.25, 0.3) is 0 Å². The Balaban J connectivity index is 1.73. The summed E-state index contributed by atoms with van der Waals surface area (Å²) in [4.78, 5) is 29.6. The van der Waals surface area contributed by atoms with Crippen LogP contribution in [0.25, 0.3) is 0 Å². The van der Waals surface area contributed by atoms with E-state index in [2.05, 4.69) is 0 Å². The number of hydrogen-bond donors (Lipinski definition) is 3. The van der Waals surface area contributed by atoms with E-state index in [-0.39, 0.29) is 17.9 Å². The van der Waals surface area contributed by atoms with Gasteiger partial charge in [0.1, 0.15) is 18.3 Å². The van der Waals surface area contributed by atoms with E-state index < -0.39 is 54.6 Å². The summed E-state index contributed by atoms with van der Waals surface area (Å²) < 4.78 is 5.71. The Hall–Kier alpha value is -2.00. The van der Waals surface area contributed by atoms with Gasteiger partial charge in [0, 0.05) is 0 Å². The third-order valence-corrected chi connectivity index (χ3v) is 7.75. The topological polar surface area (TPSA) is 111 Å². The summed E-state index contributed by atoms with van der Waals surface area (Å²) >= 11 is 0. The molecule has 1 aliphatic carbocycles. The van der Waals surface area contributed by atoms with Crippen LogP contribution in [0.3, 0.4) is 0 Å². The number of carbonyl (C=O) groups is 2. The zero-order valence-electron chi connectivity index (χ0n) is 17.7. The van der Waals surface area contributed by atoms with Crippen molar-refractivity contribution in [3.63, 3.8) is 0 Å². The Morgan fingerprint density at radius 2 is 1.63 bits per heavy atom. The van der Waals surface area contributed by atoms with Gasteiger partial charge in [-0.25, -0.2) is 4.79 Å². The molecule has 3 fully saturated rings. The highest BCUT2D eigenvalue weighted by Crippen LogP contribution is 2.64. The Labute approximate surface area is 176 Å². The van der Waals surface area contributed by atoms with Gasteiger partial charge < -0.3 is 20.1 Å². The average molecular weight is 418 g/mol. The molecule has 1 aromatic rings. The molecule has 2 heterocycles. The van der Waals surface area contributed by atoms with Crippen molar-refractivity contribution < 1.29 is 29.6 Å². The number of aliphatic hydroxyl groups is 3. The number of aliphatic hydroxyl groups excluding tert-OH is 3. The summed E-state index contributed by atoms with van der Waals surface area (Å²) in [6.07, 6.45) is -4.83. The van der Waals surface area contributed by atoms with Crippen molar-refractivity contribution in [3.05, 3.63) is 35.9 Å². The molecule has 0 radical (unpaired) electrons. The predicted octanol–water partition coefficient (Wildman–Crippen LogP) is 0.941. The molecule has 3 amide bonds. The second kappa shape index (κ2) is 7.02. The van der Waals surface area contributed by atoms with Crippen LogP contribution in [-0.4, -0.2) is 74.2 Å². The van der Waals surface area contributed by atoms with Crippen molar-refractivity contribution in [3.8, 4) is 0 Å². The smallest absolute Gasteiger partial charge is 0.329 e. The first kappa shape index (κ1) is 21.2. The zero-order chi connectivity index (χ0) is 22.0. The number of amides is 3. The lowest BCUT2D eigenvalue weighted by molar-refractivity contribution is -0.231. The summed E-state index contributed by atoms with van der Waals surface area (Å²) in [5, 5.41) is 30.3. The molecule has 2 saturated heterocycles. The molecule has 0 unspecified atom stereocenters. The van der Waals surface area contributed by atoms with E-state index in [1.807, 2.05) is 58.0 Å². The zero-order valence-corrected chi connectivity index (χ0v) is 17.7. The summed E-state index contributed by atoms with van der Waals surface area (Å²) in [5.74, 6) is -0.698. The van der Waals surface area contributed by atoms with Gasteiger partial charge in [-0.05, 0) is 16.4 Å². The number of fused-ring (bicyclic) bond motifs is 1. The molecular weight excluding hydrogens is 388 g/mol. The maximum absolute atomic E-state index is 13.6. The molecule has 1 saturated carbocycles. The van der Waals surface area contributed by atoms with Gasteiger partial charge in [-0.3, -0.25) is 14.6 Å². The predicted molar refractivity (Wildman–Crippen MR) is 107 cm³/mol. The van der Waals surface area contributed by atoms with E-state index in [4.69, 9.17) is 4.74 Å². The van der Waals surface area contributed by atoms with Crippen LogP contribution in [0.15, 0.2) is 30.3 Å². The van der Waals surface area contributed by atoms with Gasteiger partial charge in [-0.15, -0.1) is 0 Å². The minimum absolute atomic E-state index is 0.115. The molecule has 1 aromatic carbocycles. The molecule has 0 bridgehead atoms. The van der Waals surface area contributed by atoms with Crippen LogP contribution < -0.4 is 0 Å². The Bertz CT molecular complexity index is 841. The lowest BCUT2D eigenvalue weighted by atomic mass is 9.42. The van der Waals surface area contributed by atoms with Crippen LogP contribution in [0.4, 0.5) is 4.79 Å². The Kier molecular flexibility index (Phi) is 4.97. The van der Waals surface area contributed by atoms with Crippen molar-refractivity contribution in [1.82, 2.24) is 9.80 Å². The molecule has 8 heteroatoms. The highest BCUT2D eigenvalue weighted by molar-refractivity contribution is 6.00. The van der Waals surface area contributed by atoms with Crippen LogP contribution in [0.5, 0.6) is 0 Å². The SMILES string of the molecule is CC1(C)[C@H]2C(=O)N(Cc3ccccc3)C(=O)N([C@@H]3O[C@H](CO)[C@@H](O)[C@H]3O)[C@H]2C1(C)C. The number of urea groups is 1. The summed E-state index contributed by atoms with van der Waals surface area (Å²) in [6.45, 7) is 7.65. The van der Waals surface area contributed by atoms with Crippen molar-refractivity contribution in [2.45, 2.75) is 64.8 Å². The molecule has 0 spiro atoms. The summed E-state index contributed by atoms with van der Waals surface area (Å²) in [7, 11) is 0. The fourth-order valence-electron chi connectivity index (χ4n) is 5.26. The fourth-order valence-corrected chi connectivity index (χ4v) is 5.26. The van der Waals surface area contributed by atoms with Gasteiger partial charge in [-0.1, -0.05) is 58.0 Å². The van der Waals surface area contributed by atoms with Crippen molar-refractivity contribution in [2.75, 3.05) is 6.61 Å². The number of rotatable bonds is 4. The maximum Gasteiger partial charge on any atom is 0.329 e. The molecule has 164 valence electrons. The van der Waals surface area contributed by atoms with E-state index in [0.717, 1.165) is 5.56 Å². The van der Waals surface area contributed by atoms with Crippen LogP contribution in [0.1, 0.15) is 33.3 Å². The standard InChI is InChI=1S/C22H30N2O6/c1-21(2)14-17(22(21,3)4)24(19-16(27)15(26)13(11-25)30-19)20(29)23(18(14)28)10-12-8-6-5-7-9-12/h5-9,13-17,19,25-27H,10-11H2,1-4H3/t13-,14-,15-,16-,17-,19-/m1/s1. The first-order valence-electron chi connectivity index (χ1n) is 10.3. The van der Waals surface area contributed by atoms with Crippen LogP contribution in [0, 0.1) is 16.7 Å². The first-order valence-corrected chi connectivity index (χ1v) is 10.3. The summed E-state index contributed by atoms with van der Waals surface area (Å²) in [5.41, 5.74) is 0.00379. The second-order valence-electron chi connectivity index (χ2n) is 9.69. The molecule has 3 aliphatic rings. The highest BCUT2D eigenvalue weighted by Gasteiger charge is 2.72. The number of hydrogen-bond acceptors (Lipinski definition) is 6. The highest BCUT2D eigenvalue weighted by atomic mass is 16.6. The molecule has 8 nitrogen and oxygen atoms in total. The van der Waals surface area contributed by atoms with Gasteiger partial charge in [-0.2, -0.15) is 0 Å². The van der Waals surface area contributed by atoms with E-state index in [1.54, 1.807) is 0 Å². The second-order valence-corrected chi connectivity index (χ2v) is 9.69. The largest absolute Gasteiger partial charge is 0.394 e. The van der Waals surface area contributed by atoms with Crippen LogP contribution in [-0.2, 0) is 16.1 Å². The number of benzene rings is 1. The summed E-state index contributed by atoms with van der Waals surface area (Å²) in [6, 6.07) is 8.21. The van der Waals surface area contributed by atoms with Gasteiger partial charge in [0.15, 0.2) is 6.23 Å². The van der Waals surface area contributed by atoms with Gasteiger partial charge in [0.2, 0.25) is 5.91 Å². The lowest BCUT2D eigenvalue weighted by Gasteiger charge is -2.69. The molecule has 6 atom stereocenters. The Morgan fingerprint density at radius 3 is 2.20 bits per heavy atom. The Morgan fingerprint density at radius 1 is 1.00 bits per heavy atom. The molecular formula is C22H30N2O6. The number of nitrogens with zero attached hydrogens (tertiary/aromatic N) is 2. The number of imide groups is 1. The average Bonchev–Trinajstić information content (AvgIpc) is 2.99. The molecule has 2 aliphatic heterocycles. The number of carbonyl (C=O) groups excluding carboxylic acids is 2. The van der Waals surface area contributed by atoms with E-state index in [1.165, 1.54) is 9.80 Å². The quantitative estimate of drug-likeness (QED) is 0.671. The van der Waals surface area contributed by atoms with Gasteiger partial charge in [0.05, 0.1) is 25.1 Å². The minimum Gasteiger partial charge on any atom is -0.394 e. The van der Waals surface area contributed by atoms with Crippen molar-refractivity contribution in [1.29, 1.82) is 0 Å². The maximum atomic E-state index is 13.6. The number of ether oxygens (including phenoxy) is 1.